The quantitative estimate of drug-likeness (QED) is 0.615. The van der Waals surface area contributed by atoms with E-state index in [9.17, 15) is 14.4 Å². The van der Waals surface area contributed by atoms with Crippen LogP contribution in [0.2, 0.25) is 0 Å². The molecule has 0 bridgehead atoms. The minimum Gasteiger partial charge on any atom is -0.344 e. The number of nitrogens with two attached hydrogens (primary N) is 1. The molecule has 0 atom stereocenters. The number of nitrogens with one attached hydrogen (secondary N) is 3. The van der Waals surface area contributed by atoms with Crippen LogP contribution in [-0.4, -0.2) is 17.7 Å². The molecule has 0 saturated heterocycles. The fraction of sp³-hybridized carbons (Fsp3) is 0.167. The molecule has 0 aliphatic rings. The van der Waals surface area contributed by atoms with Crippen LogP contribution >= 0.6 is 0 Å². The summed E-state index contributed by atoms with van der Waals surface area (Å²) in [5.74, 6) is -1.68. The third-order valence-corrected chi connectivity index (χ3v) is 3.35. The fourth-order valence-corrected chi connectivity index (χ4v) is 2.16. The molecule has 0 radical (unpaired) electrons. The Morgan fingerprint density at radius 1 is 0.880 bits per heavy atom. The molecule has 7 nitrogen and oxygen atoms in total. The molecule has 0 unspecified atom stereocenters. The van der Waals surface area contributed by atoms with Crippen LogP contribution in [0.4, 0.5) is 11.4 Å². The Hall–Kier alpha value is -3.19. The van der Waals surface area contributed by atoms with Gasteiger partial charge in [0.25, 0.3) is 0 Å². The molecular weight excluding hydrogens is 320 g/mol. The van der Waals surface area contributed by atoms with Gasteiger partial charge in [-0.15, -0.1) is 0 Å². The molecule has 5 N–H and O–H groups in total. The first-order valence-electron chi connectivity index (χ1n) is 7.72. The number of anilines is 2. The normalized spacial score (nSPS) is 10.0. The maximum Gasteiger partial charge on any atom is 0.313 e. The van der Waals surface area contributed by atoms with Gasteiger partial charge >= 0.3 is 11.8 Å². The molecular formula is C18H20N4O3. The zero-order valence-corrected chi connectivity index (χ0v) is 13.8. The van der Waals surface area contributed by atoms with Gasteiger partial charge in [0.1, 0.15) is 0 Å². The van der Waals surface area contributed by atoms with Gasteiger partial charge in [0, 0.05) is 31.4 Å². The van der Waals surface area contributed by atoms with Crippen molar-refractivity contribution in [2.45, 2.75) is 20.0 Å². The average molecular weight is 340 g/mol. The van der Waals surface area contributed by atoms with E-state index < -0.39 is 11.8 Å². The lowest BCUT2D eigenvalue weighted by molar-refractivity contribution is -0.136. The summed E-state index contributed by atoms with van der Waals surface area (Å²) in [4.78, 5) is 34.7. The van der Waals surface area contributed by atoms with Crippen LogP contribution in [0.25, 0.3) is 0 Å². The highest BCUT2D eigenvalue weighted by molar-refractivity contribution is 6.39. The van der Waals surface area contributed by atoms with E-state index in [2.05, 4.69) is 16.0 Å². The van der Waals surface area contributed by atoms with Crippen molar-refractivity contribution in [3.63, 3.8) is 0 Å². The molecule has 0 aliphatic carbocycles. The van der Waals surface area contributed by atoms with E-state index in [-0.39, 0.29) is 12.5 Å². The summed E-state index contributed by atoms with van der Waals surface area (Å²) in [5.41, 5.74) is 8.45. The minimum absolute atomic E-state index is 0.185. The van der Waals surface area contributed by atoms with Crippen molar-refractivity contribution in [2.24, 2.45) is 5.73 Å². The van der Waals surface area contributed by atoms with Crippen LogP contribution in [0.15, 0.2) is 48.5 Å². The van der Waals surface area contributed by atoms with Gasteiger partial charge < -0.3 is 21.7 Å². The SMILES string of the molecule is CC(=O)Nc1ccc(NC(=O)C(=O)NCc2cccc(CN)c2)cc1. The zero-order valence-electron chi connectivity index (χ0n) is 13.8. The minimum atomic E-state index is -0.762. The van der Waals surface area contributed by atoms with Gasteiger partial charge in [-0.1, -0.05) is 24.3 Å². The molecule has 130 valence electrons. The second-order valence-electron chi connectivity index (χ2n) is 5.42. The zero-order chi connectivity index (χ0) is 18.2. The smallest absolute Gasteiger partial charge is 0.313 e. The number of carbonyl (C=O) groups excluding carboxylic acids is 3. The maximum atomic E-state index is 11.9. The number of hydrogen-bond donors (Lipinski definition) is 4. The standard InChI is InChI=1S/C18H20N4O3/c1-12(23)21-15-5-7-16(8-6-15)22-18(25)17(24)20-11-14-4-2-3-13(9-14)10-19/h2-9H,10-11,19H2,1H3,(H,20,24)(H,21,23)(H,22,25). The summed E-state index contributed by atoms with van der Waals surface area (Å²) in [5, 5.41) is 7.67. The van der Waals surface area contributed by atoms with Crippen molar-refractivity contribution in [3.8, 4) is 0 Å². The molecule has 0 spiro atoms. The van der Waals surface area contributed by atoms with Gasteiger partial charge in [0.05, 0.1) is 0 Å². The third kappa shape index (κ3) is 5.74. The summed E-state index contributed by atoms with van der Waals surface area (Å²) in [7, 11) is 0. The molecule has 0 aliphatic heterocycles. The van der Waals surface area contributed by atoms with Crippen LogP contribution in [0.3, 0.4) is 0 Å². The summed E-state index contributed by atoms with van der Waals surface area (Å²) >= 11 is 0. The number of amides is 3. The van der Waals surface area contributed by atoms with E-state index in [1.807, 2.05) is 24.3 Å². The van der Waals surface area contributed by atoms with E-state index in [0.29, 0.717) is 17.9 Å². The Morgan fingerprint density at radius 3 is 2.08 bits per heavy atom. The molecule has 2 rings (SSSR count). The summed E-state index contributed by atoms with van der Waals surface area (Å²) < 4.78 is 0. The second-order valence-corrected chi connectivity index (χ2v) is 5.42. The fourth-order valence-electron chi connectivity index (χ4n) is 2.16. The van der Waals surface area contributed by atoms with E-state index in [0.717, 1.165) is 11.1 Å². The number of rotatable bonds is 5. The lowest BCUT2D eigenvalue weighted by atomic mass is 10.1. The predicted octanol–water partition coefficient (Wildman–Crippen LogP) is 1.36. The second kappa shape index (κ2) is 8.60. The van der Waals surface area contributed by atoms with E-state index >= 15 is 0 Å². The van der Waals surface area contributed by atoms with Crippen LogP contribution in [-0.2, 0) is 27.5 Å². The van der Waals surface area contributed by atoms with Crippen LogP contribution < -0.4 is 21.7 Å². The van der Waals surface area contributed by atoms with Crippen molar-refractivity contribution in [1.29, 1.82) is 0 Å². The molecule has 0 saturated carbocycles. The number of benzene rings is 2. The molecule has 2 aromatic carbocycles. The van der Waals surface area contributed by atoms with Gasteiger partial charge in [-0.2, -0.15) is 0 Å². The third-order valence-electron chi connectivity index (χ3n) is 3.35. The highest BCUT2D eigenvalue weighted by Crippen LogP contribution is 2.13. The Morgan fingerprint density at radius 2 is 1.48 bits per heavy atom. The van der Waals surface area contributed by atoms with Crippen LogP contribution in [0.1, 0.15) is 18.1 Å². The van der Waals surface area contributed by atoms with Gasteiger partial charge in [-0.25, -0.2) is 0 Å². The van der Waals surface area contributed by atoms with Crippen molar-refractivity contribution in [2.75, 3.05) is 10.6 Å². The summed E-state index contributed by atoms with van der Waals surface area (Å²) in [6.45, 7) is 2.06. The molecule has 0 aromatic heterocycles. The molecule has 0 heterocycles. The number of carbonyl (C=O) groups is 3. The van der Waals surface area contributed by atoms with E-state index in [1.54, 1.807) is 24.3 Å². The molecule has 0 fully saturated rings. The molecule has 7 heteroatoms. The van der Waals surface area contributed by atoms with E-state index in [4.69, 9.17) is 5.73 Å². The van der Waals surface area contributed by atoms with Crippen molar-refractivity contribution in [3.05, 3.63) is 59.7 Å². The molecule has 3 amide bonds. The van der Waals surface area contributed by atoms with Crippen LogP contribution in [0, 0.1) is 0 Å². The van der Waals surface area contributed by atoms with Crippen molar-refractivity contribution < 1.29 is 14.4 Å². The first-order valence-corrected chi connectivity index (χ1v) is 7.72. The van der Waals surface area contributed by atoms with Crippen molar-refractivity contribution >= 4 is 29.1 Å². The molecule has 25 heavy (non-hydrogen) atoms. The predicted molar refractivity (Wildman–Crippen MR) is 95.6 cm³/mol. The summed E-state index contributed by atoms with van der Waals surface area (Å²) in [6.07, 6.45) is 0. The summed E-state index contributed by atoms with van der Waals surface area (Å²) in [6, 6.07) is 13.9. The largest absolute Gasteiger partial charge is 0.344 e. The van der Waals surface area contributed by atoms with Gasteiger partial charge in [0.2, 0.25) is 5.91 Å². The lowest BCUT2D eigenvalue weighted by Gasteiger charge is -2.08. The van der Waals surface area contributed by atoms with Gasteiger partial charge in [-0.3, -0.25) is 14.4 Å². The Balaban J connectivity index is 1.87. The first kappa shape index (κ1) is 18.2. The highest BCUT2D eigenvalue weighted by Gasteiger charge is 2.13. The van der Waals surface area contributed by atoms with Crippen molar-refractivity contribution in [1.82, 2.24) is 5.32 Å². The number of hydrogen-bond acceptors (Lipinski definition) is 4. The highest BCUT2D eigenvalue weighted by atomic mass is 16.2. The molecule has 2 aromatic rings. The lowest BCUT2D eigenvalue weighted by Crippen LogP contribution is -2.34. The topological polar surface area (TPSA) is 113 Å². The average Bonchev–Trinajstić information content (AvgIpc) is 2.61. The Kier molecular flexibility index (Phi) is 6.25. The van der Waals surface area contributed by atoms with Gasteiger partial charge in [-0.05, 0) is 35.4 Å². The Bertz CT molecular complexity index is 772. The monoisotopic (exact) mass is 340 g/mol. The maximum absolute atomic E-state index is 11.9. The first-order chi connectivity index (χ1) is 12.0. The van der Waals surface area contributed by atoms with Crippen LogP contribution in [0.5, 0.6) is 0 Å². The van der Waals surface area contributed by atoms with E-state index in [1.165, 1.54) is 6.92 Å². The van der Waals surface area contributed by atoms with Gasteiger partial charge in [0.15, 0.2) is 0 Å². The Labute approximate surface area is 145 Å².